The number of nitrogens with zero attached hydrogens (tertiary/aromatic N) is 1. The molecule has 0 aliphatic rings. The smallest absolute Gasteiger partial charge is 0.349 e. The van der Waals surface area contributed by atoms with E-state index in [2.05, 4.69) is 11.3 Å². The molecular weight excluding hydrogens is 356 g/mol. The molecule has 7 nitrogen and oxygen atoms in total. The monoisotopic (exact) mass is 372 g/mol. The minimum absolute atomic E-state index is 0.00311. The van der Waals surface area contributed by atoms with E-state index in [9.17, 15) is 13.2 Å². The first kappa shape index (κ1) is 19.2. The van der Waals surface area contributed by atoms with Crippen molar-refractivity contribution >= 4 is 22.1 Å². The van der Waals surface area contributed by atoms with E-state index < -0.39 is 16.0 Å². The normalized spacial score (nSPS) is 11.6. The predicted octanol–water partition coefficient (Wildman–Crippen LogP) is 2.49. The van der Waals surface area contributed by atoms with Gasteiger partial charge < -0.3 is 9.15 Å². The van der Waals surface area contributed by atoms with Gasteiger partial charge in [-0.3, -0.25) is 0 Å². The van der Waals surface area contributed by atoms with Crippen molar-refractivity contribution in [1.29, 1.82) is 5.26 Å². The summed E-state index contributed by atoms with van der Waals surface area (Å²) in [6, 6.07) is 11.1. The van der Waals surface area contributed by atoms with Crippen molar-refractivity contribution in [2.75, 3.05) is 13.7 Å². The summed E-state index contributed by atoms with van der Waals surface area (Å²) in [6.07, 6.45) is 2.67. The zero-order chi connectivity index (χ0) is 19.2. The predicted molar refractivity (Wildman–Crippen MR) is 95.1 cm³/mol. The highest BCUT2D eigenvalue weighted by molar-refractivity contribution is 7.89. The summed E-state index contributed by atoms with van der Waals surface area (Å²) in [7, 11) is -2.18. The van der Waals surface area contributed by atoms with Crippen molar-refractivity contribution in [3.05, 3.63) is 60.4 Å². The molecule has 0 unspecified atom stereocenters. The fraction of sp³-hybridized carbons (Fsp3) is 0.111. The van der Waals surface area contributed by atoms with E-state index in [0.717, 1.165) is 0 Å². The third-order valence-electron chi connectivity index (χ3n) is 3.30. The quantitative estimate of drug-likeness (QED) is 0.346. The maximum absolute atomic E-state index is 11.7. The number of rotatable bonds is 7. The van der Waals surface area contributed by atoms with Gasteiger partial charge in [-0.1, -0.05) is 12.7 Å². The number of furan rings is 1. The van der Waals surface area contributed by atoms with Gasteiger partial charge in [0.25, 0.3) is 0 Å². The maximum Gasteiger partial charge on any atom is 0.349 e. The van der Waals surface area contributed by atoms with Crippen molar-refractivity contribution < 1.29 is 22.4 Å². The van der Waals surface area contributed by atoms with Gasteiger partial charge in [0.05, 0.1) is 4.90 Å². The fourth-order valence-corrected chi connectivity index (χ4v) is 2.72. The zero-order valence-corrected chi connectivity index (χ0v) is 14.7. The first-order valence-corrected chi connectivity index (χ1v) is 8.93. The van der Waals surface area contributed by atoms with Gasteiger partial charge in [-0.25, -0.2) is 17.9 Å². The highest BCUT2D eigenvalue weighted by Gasteiger charge is 2.13. The van der Waals surface area contributed by atoms with E-state index in [-0.39, 0.29) is 17.1 Å². The molecule has 0 spiro atoms. The van der Waals surface area contributed by atoms with Gasteiger partial charge in [-0.05, 0) is 43.4 Å². The minimum Gasteiger partial charge on any atom is -0.457 e. The molecule has 1 heterocycles. The Bertz CT molecular complexity index is 979. The SMILES string of the molecule is C=CCOC(=O)/C(C#N)=C/c1ccc(-c2ccc(S(=O)(=O)NC)cc2)o1. The molecule has 0 radical (unpaired) electrons. The van der Waals surface area contributed by atoms with Crippen molar-refractivity contribution in [3.63, 3.8) is 0 Å². The van der Waals surface area contributed by atoms with Crippen LogP contribution >= 0.6 is 0 Å². The van der Waals surface area contributed by atoms with E-state index >= 15 is 0 Å². The summed E-state index contributed by atoms with van der Waals surface area (Å²) in [4.78, 5) is 11.8. The van der Waals surface area contributed by atoms with Gasteiger partial charge in [0.15, 0.2) is 0 Å². The summed E-state index contributed by atoms with van der Waals surface area (Å²) in [5.74, 6) is -0.0209. The lowest BCUT2D eigenvalue weighted by Gasteiger charge is -2.03. The Morgan fingerprint density at radius 1 is 1.31 bits per heavy atom. The molecule has 2 aromatic rings. The topological polar surface area (TPSA) is 109 Å². The van der Waals surface area contributed by atoms with Gasteiger partial charge in [-0.15, -0.1) is 0 Å². The second-order valence-electron chi connectivity index (χ2n) is 4.99. The lowest BCUT2D eigenvalue weighted by molar-refractivity contribution is -0.137. The first-order valence-electron chi connectivity index (χ1n) is 7.45. The third kappa shape index (κ3) is 4.47. The molecule has 0 bridgehead atoms. The number of sulfonamides is 1. The molecule has 8 heteroatoms. The highest BCUT2D eigenvalue weighted by Crippen LogP contribution is 2.24. The average Bonchev–Trinajstić information content (AvgIpc) is 3.12. The number of benzene rings is 1. The Balaban J connectivity index is 2.24. The Morgan fingerprint density at radius 3 is 2.58 bits per heavy atom. The number of carbonyl (C=O) groups excluding carboxylic acids is 1. The lowest BCUT2D eigenvalue weighted by Crippen LogP contribution is -2.18. The highest BCUT2D eigenvalue weighted by atomic mass is 32.2. The summed E-state index contributed by atoms with van der Waals surface area (Å²) >= 11 is 0. The van der Waals surface area contributed by atoms with E-state index in [1.165, 1.54) is 31.3 Å². The molecule has 0 atom stereocenters. The number of nitrogens with one attached hydrogen (secondary N) is 1. The Kier molecular flexibility index (Phi) is 6.11. The van der Waals surface area contributed by atoms with Gasteiger partial charge in [0.1, 0.15) is 29.8 Å². The molecule has 134 valence electrons. The van der Waals surface area contributed by atoms with E-state index in [4.69, 9.17) is 14.4 Å². The summed E-state index contributed by atoms with van der Waals surface area (Å²) in [6.45, 7) is 3.43. The molecule has 0 fully saturated rings. The van der Waals surface area contributed by atoms with Gasteiger partial charge in [0, 0.05) is 11.6 Å². The molecule has 0 aliphatic heterocycles. The van der Waals surface area contributed by atoms with Crippen LogP contribution in [0.25, 0.3) is 17.4 Å². The van der Waals surface area contributed by atoms with Crippen LogP contribution in [0.3, 0.4) is 0 Å². The van der Waals surface area contributed by atoms with Crippen molar-refractivity contribution in [1.82, 2.24) is 4.72 Å². The zero-order valence-electron chi connectivity index (χ0n) is 13.9. The average molecular weight is 372 g/mol. The summed E-state index contributed by atoms with van der Waals surface area (Å²) in [5.41, 5.74) is 0.440. The molecule has 1 aromatic carbocycles. The number of carbonyl (C=O) groups is 1. The Hall–Kier alpha value is -3.15. The van der Waals surface area contributed by atoms with Crippen LogP contribution in [0.1, 0.15) is 5.76 Å². The fourth-order valence-electron chi connectivity index (χ4n) is 1.99. The molecule has 1 N–H and O–H groups in total. The first-order chi connectivity index (χ1) is 12.4. The third-order valence-corrected chi connectivity index (χ3v) is 4.73. The van der Waals surface area contributed by atoms with E-state index in [1.54, 1.807) is 30.3 Å². The molecule has 0 amide bonds. The molecular formula is C18H16N2O5S. The van der Waals surface area contributed by atoms with Crippen molar-refractivity contribution in [2.45, 2.75) is 4.90 Å². The second kappa shape index (κ2) is 8.29. The van der Waals surface area contributed by atoms with Gasteiger partial charge in [-0.2, -0.15) is 5.26 Å². The maximum atomic E-state index is 11.7. The van der Waals surface area contributed by atoms with Crippen LogP contribution < -0.4 is 4.72 Å². The Morgan fingerprint density at radius 2 is 2.00 bits per heavy atom. The van der Waals surface area contributed by atoms with Crippen LogP contribution in [0.4, 0.5) is 0 Å². The van der Waals surface area contributed by atoms with Gasteiger partial charge >= 0.3 is 5.97 Å². The number of esters is 1. The number of hydrogen-bond acceptors (Lipinski definition) is 6. The standard InChI is InChI=1S/C18H16N2O5S/c1-3-10-24-18(21)14(12-19)11-15-6-9-17(25-15)13-4-7-16(8-5-13)26(22,23)20-2/h3-9,11,20H,1,10H2,2H3/b14-11+. The molecule has 26 heavy (non-hydrogen) atoms. The van der Waals surface area contributed by atoms with Crippen LogP contribution in [0.5, 0.6) is 0 Å². The largest absolute Gasteiger partial charge is 0.457 e. The van der Waals surface area contributed by atoms with E-state index in [0.29, 0.717) is 17.1 Å². The molecule has 0 aliphatic carbocycles. The minimum atomic E-state index is -3.51. The van der Waals surface area contributed by atoms with Crippen LogP contribution in [-0.2, 0) is 19.6 Å². The van der Waals surface area contributed by atoms with Crippen molar-refractivity contribution in [2.24, 2.45) is 0 Å². The Labute approximate surface area is 151 Å². The number of nitriles is 1. The molecule has 0 saturated heterocycles. The molecule has 1 aromatic heterocycles. The van der Waals surface area contributed by atoms with Crippen LogP contribution in [0, 0.1) is 11.3 Å². The van der Waals surface area contributed by atoms with Gasteiger partial charge in [0.2, 0.25) is 10.0 Å². The van der Waals surface area contributed by atoms with Crippen molar-refractivity contribution in [3.8, 4) is 17.4 Å². The number of hydrogen-bond donors (Lipinski definition) is 1. The van der Waals surface area contributed by atoms with Crippen LogP contribution in [-0.4, -0.2) is 28.0 Å². The molecule has 0 saturated carbocycles. The summed E-state index contributed by atoms with van der Waals surface area (Å²) in [5, 5.41) is 9.06. The summed E-state index contributed by atoms with van der Waals surface area (Å²) < 4.78 is 36.1. The lowest BCUT2D eigenvalue weighted by atomic mass is 10.2. The molecule has 2 rings (SSSR count). The number of ether oxygens (including phenoxy) is 1. The van der Waals surface area contributed by atoms with Crippen LogP contribution in [0.15, 0.2) is 63.9 Å². The van der Waals surface area contributed by atoms with Crippen LogP contribution in [0.2, 0.25) is 0 Å². The van der Waals surface area contributed by atoms with E-state index in [1.807, 2.05) is 0 Å². The second-order valence-corrected chi connectivity index (χ2v) is 6.88.